The summed E-state index contributed by atoms with van der Waals surface area (Å²) in [6, 6.07) is 10.9. The molecule has 0 atom stereocenters. The Morgan fingerprint density at radius 2 is 1.91 bits per heavy atom. The predicted molar refractivity (Wildman–Crippen MR) is 116 cm³/mol. The minimum atomic E-state index is -3.33. The number of hydrogen-bond donors (Lipinski definition) is 0. The molecule has 2 aromatic carbocycles. The summed E-state index contributed by atoms with van der Waals surface area (Å²) in [5.41, 5.74) is 0.695. The minimum Gasteiger partial charge on any atom is -0.462 e. The van der Waals surface area contributed by atoms with Crippen molar-refractivity contribution >= 4 is 32.7 Å². The molecule has 0 saturated carbocycles. The maximum Gasteiger partial charge on any atom is 0.338 e. The van der Waals surface area contributed by atoms with Crippen molar-refractivity contribution < 1.29 is 31.9 Å². The third-order valence-corrected chi connectivity index (χ3v) is 6.29. The molecule has 1 aromatic heterocycles. The maximum absolute atomic E-state index is 12.3. The average Bonchev–Trinajstić information content (AvgIpc) is 3.34. The van der Waals surface area contributed by atoms with Crippen LogP contribution in [0.25, 0.3) is 11.0 Å². The molecule has 0 aliphatic carbocycles. The number of carbonyl (C=O) groups is 2. The van der Waals surface area contributed by atoms with Gasteiger partial charge in [-0.1, -0.05) is 0 Å². The zero-order valence-electron chi connectivity index (χ0n) is 17.8. The van der Waals surface area contributed by atoms with E-state index in [0.717, 1.165) is 12.7 Å². The number of hydrogen-bond acceptors (Lipinski definition) is 7. The lowest BCUT2D eigenvalue weighted by Gasteiger charge is -2.12. The molecule has 2 heterocycles. The van der Waals surface area contributed by atoms with Crippen LogP contribution in [0.1, 0.15) is 35.9 Å². The van der Waals surface area contributed by atoms with Gasteiger partial charge < -0.3 is 18.8 Å². The fourth-order valence-electron chi connectivity index (χ4n) is 3.60. The highest BCUT2D eigenvalue weighted by Crippen LogP contribution is 2.35. The fourth-order valence-corrected chi connectivity index (χ4v) is 4.23. The summed E-state index contributed by atoms with van der Waals surface area (Å²) in [5, 5.41) is 0.631. The molecular formula is C23H23NO7S. The lowest BCUT2D eigenvalue weighted by molar-refractivity contribution is -0.128. The van der Waals surface area contributed by atoms with Gasteiger partial charge in [-0.15, -0.1) is 0 Å². The Hall–Kier alpha value is -3.33. The Balaban J connectivity index is 1.71. The van der Waals surface area contributed by atoms with Gasteiger partial charge in [-0.3, -0.25) is 4.79 Å². The van der Waals surface area contributed by atoms with E-state index >= 15 is 0 Å². The normalized spacial score (nSPS) is 14.2. The molecule has 1 aliphatic heterocycles. The molecule has 0 radical (unpaired) electrons. The van der Waals surface area contributed by atoms with Crippen LogP contribution in [-0.2, 0) is 25.9 Å². The van der Waals surface area contributed by atoms with Crippen molar-refractivity contribution in [2.24, 2.45) is 0 Å². The van der Waals surface area contributed by atoms with Crippen molar-refractivity contribution in [2.45, 2.75) is 31.2 Å². The Bertz CT molecular complexity index is 1280. The molecule has 8 nitrogen and oxygen atoms in total. The Morgan fingerprint density at radius 3 is 2.53 bits per heavy atom. The number of benzene rings is 2. The standard InChI is InChI=1S/C23H23NO7S/c1-3-29-23(26)15-11-20(30-16-6-8-18(9-7-16)32(2,27)28)19-13-17(31-21(19)12-15)14-24-10-4-5-22(24)25/h6-9,11-13H,3-5,10,14H2,1-2H3. The minimum absolute atomic E-state index is 0.0834. The molecule has 4 rings (SSSR count). The van der Waals surface area contributed by atoms with E-state index in [-0.39, 0.29) is 23.0 Å². The second-order valence-electron chi connectivity index (χ2n) is 7.58. The third-order valence-electron chi connectivity index (χ3n) is 5.16. The maximum atomic E-state index is 12.3. The summed E-state index contributed by atoms with van der Waals surface area (Å²) in [5.74, 6) is 0.908. The third kappa shape index (κ3) is 4.62. The number of esters is 1. The number of ether oxygens (including phenoxy) is 2. The second-order valence-corrected chi connectivity index (χ2v) is 9.60. The van der Waals surface area contributed by atoms with Crippen molar-refractivity contribution in [3.63, 3.8) is 0 Å². The largest absolute Gasteiger partial charge is 0.462 e. The van der Waals surface area contributed by atoms with E-state index < -0.39 is 15.8 Å². The predicted octanol–water partition coefficient (Wildman–Crippen LogP) is 3.93. The van der Waals surface area contributed by atoms with E-state index in [2.05, 4.69) is 0 Å². The van der Waals surface area contributed by atoms with Crippen molar-refractivity contribution in [2.75, 3.05) is 19.4 Å². The first-order chi connectivity index (χ1) is 15.2. The van der Waals surface area contributed by atoms with Crippen LogP contribution in [0.3, 0.4) is 0 Å². The summed E-state index contributed by atoms with van der Waals surface area (Å²) in [6.45, 7) is 2.96. The van der Waals surface area contributed by atoms with Gasteiger partial charge in [0.1, 0.15) is 22.8 Å². The van der Waals surface area contributed by atoms with Crippen molar-refractivity contribution in [1.29, 1.82) is 0 Å². The molecule has 3 aromatic rings. The summed E-state index contributed by atoms with van der Waals surface area (Å²) in [4.78, 5) is 26.2. The monoisotopic (exact) mass is 457 g/mol. The number of likely N-dealkylation sites (tertiary alicyclic amines) is 1. The lowest BCUT2D eigenvalue weighted by atomic mass is 10.1. The number of amides is 1. The highest BCUT2D eigenvalue weighted by molar-refractivity contribution is 7.90. The van der Waals surface area contributed by atoms with Gasteiger partial charge in [0.15, 0.2) is 9.84 Å². The van der Waals surface area contributed by atoms with Gasteiger partial charge in [0.2, 0.25) is 5.91 Å². The quantitative estimate of drug-likeness (QED) is 0.495. The highest BCUT2D eigenvalue weighted by Gasteiger charge is 2.23. The molecule has 9 heteroatoms. The fraction of sp³-hybridized carbons (Fsp3) is 0.304. The zero-order valence-corrected chi connectivity index (χ0v) is 18.6. The number of carbonyl (C=O) groups excluding carboxylic acids is 2. The Morgan fingerprint density at radius 1 is 1.16 bits per heavy atom. The average molecular weight is 458 g/mol. The smallest absolute Gasteiger partial charge is 0.338 e. The van der Waals surface area contributed by atoms with Crippen LogP contribution in [0.5, 0.6) is 11.5 Å². The number of furan rings is 1. The van der Waals surface area contributed by atoms with Gasteiger partial charge in [0.25, 0.3) is 0 Å². The van der Waals surface area contributed by atoms with Gasteiger partial charge in [0.05, 0.1) is 29.0 Å². The van der Waals surface area contributed by atoms with Crippen molar-refractivity contribution in [3.8, 4) is 11.5 Å². The molecule has 0 unspecified atom stereocenters. The van der Waals surface area contributed by atoms with E-state index in [1.54, 1.807) is 42.2 Å². The van der Waals surface area contributed by atoms with Crippen LogP contribution >= 0.6 is 0 Å². The second kappa shape index (κ2) is 8.66. The molecule has 168 valence electrons. The summed E-state index contributed by atoms with van der Waals surface area (Å²) < 4.78 is 40.4. The summed E-state index contributed by atoms with van der Waals surface area (Å²) in [7, 11) is -3.33. The molecule has 0 bridgehead atoms. The zero-order chi connectivity index (χ0) is 22.9. The summed E-state index contributed by atoms with van der Waals surface area (Å²) >= 11 is 0. The first-order valence-electron chi connectivity index (χ1n) is 10.2. The molecule has 32 heavy (non-hydrogen) atoms. The number of rotatable bonds is 7. The van der Waals surface area contributed by atoms with Crippen molar-refractivity contribution in [1.82, 2.24) is 4.90 Å². The van der Waals surface area contributed by atoms with E-state index in [1.807, 2.05) is 0 Å². The lowest BCUT2D eigenvalue weighted by Crippen LogP contribution is -2.23. The number of nitrogens with zero attached hydrogens (tertiary/aromatic N) is 1. The van der Waals surface area contributed by atoms with Crippen LogP contribution in [0, 0.1) is 0 Å². The molecule has 0 N–H and O–H groups in total. The molecule has 1 saturated heterocycles. The Kier molecular flexibility index (Phi) is 5.92. The topological polar surface area (TPSA) is 103 Å². The van der Waals surface area contributed by atoms with Crippen LogP contribution < -0.4 is 4.74 Å². The van der Waals surface area contributed by atoms with Gasteiger partial charge in [0, 0.05) is 19.2 Å². The number of fused-ring (bicyclic) bond motifs is 1. The molecule has 1 fully saturated rings. The van der Waals surface area contributed by atoms with Gasteiger partial charge in [-0.05, 0) is 55.8 Å². The first-order valence-corrected chi connectivity index (χ1v) is 12.1. The molecule has 1 aliphatic rings. The van der Waals surface area contributed by atoms with Crippen LogP contribution in [0.15, 0.2) is 51.8 Å². The van der Waals surface area contributed by atoms with Crippen molar-refractivity contribution in [3.05, 3.63) is 53.8 Å². The van der Waals surface area contributed by atoms with E-state index in [1.165, 1.54) is 12.1 Å². The van der Waals surface area contributed by atoms with E-state index in [4.69, 9.17) is 13.9 Å². The molecular weight excluding hydrogens is 434 g/mol. The van der Waals surface area contributed by atoms with Gasteiger partial charge in [-0.2, -0.15) is 0 Å². The number of sulfone groups is 1. The molecule has 0 spiro atoms. The van der Waals surface area contributed by atoms with E-state index in [0.29, 0.717) is 47.7 Å². The van der Waals surface area contributed by atoms with Gasteiger partial charge >= 0.3 is 5.97 Å². The molecule has 1 amide bonds. The SMILES string of the molecule is CCOC(=O)c1cc(Oc2ccc(S(C)(=O)=O)cc2)c2cc(CN3CCCC3=O)oc2c1. The Labute approximate surface area is 185 Å². The van der Waals surface area contributed by atoms with Crippen LogP contribution in [0.2, 0.25) is 0 Å². The van der Waals surface area contributed by atoms with E-state index in [9.17, 15) is 18.0 Å². The van der Waals surface area contributed by atoms with Gasteiger partial charge in [-0.25, -0.2) is 13.2 Å². The summed E-state index contributed by atoms with van der Waals surface area (Å²) in [6.07, 6.45) is 2.49. The van der Waals surface area contributed by atoms with Crippen LogP contribution in [0.4, 0.5) is 0 Å². The first kappa shape index (κ1) is 21.9. The highest BCUT2D eigenvalue weighted by atomic mass is 32.2. The van der Waals surface area contributed by atoms with Crippen LogP contribution in [-0.4, -0.2) is 44.6 Å².